The maximum absolute atomic E-state index is 12.1. The Morgan fingerprint density at radius 1 is 1.08 bits per heavy atom. The van der Waals surface area contributed by atoms with Crippen LogP contribution in [0.3, 0.4) is 0 Å². The number of carbonyl (C=O) groups is 2. The van der Waals surface area contributed by atoms with E-state index in [9.17, 15) is 18.0 Å². The van der Waals surface area contributed by atoms with Crippen molar-refractivity contribution in [2.45, 2.75) is 51.1 Å². The molecule has 1 rings (SSSR count). The van der Waals surface area contributed by atoms with Crippen molar-refractivity contribution < 1.29 is 23.1 Å². The summed E-state index contributed by atoms with van der Waals surface area (Å²) in [5.41, 5.74) is 0.202. The summed E-state index contributed by atoms with van der Waals surface area (Å²) in [7, 11) is -3.63. The van der Waals surface area contributed by atoms with Crippen molar-refractivity contribution in [3.8, 4) is 0 Å². The third-order valence-corrected chi connectivity index (χ3v) is 4.80. The second-order valence-electron chi connectivity index (χ2n) is 6.29. The SMILES string of the molecule is CC(C)C[C@@H](NC(=O)c1ccc(S(=O)(=O)NC(C)C)cc1)C(=O)O. The van der Waals surface area contributed by atoms with Crippen molar-refractivity contribution in [1.29, 1.82) is 0 Å². The highest BCUT2D eigenvalue weighted by molar-refractivity contribution is 7.89. The Bertz CT molecular complexity index is 681. The molecule has 0 bridgehead atoms. The topological polar surface area (TPSA) is 113 Å². The summed E-state index contributed by atoms with van der Waals surface area (Å²) in [6, 6.07) is 4.13. The number of amides is 1. The van der Waals surface area contributed by atoms with Crippen LogP contribution < -0.4 is 10.0 Å². The van der Waals surface area contributed by atoms with E-state index in [0.29, 0.717) is 6.42 Å². The van der Waals surface area contributed by atoms with E-state index in [0.717, 1.165) is 0 Å². The zero-order chi connectivity index (χ0) is 18.5. The van der Waals surface area contributed by atoms with E-state index >= 15 is 0 Å². The van der Waals surface area contributed by atoms with Gasteiger partial charge in [0.2, 0.25) is 10.0 Å². The summed E-state index contributed by atoms with van der Waals surface area (Å²) in [5, 5.41) is 11.6. The fourth-order valence-corrected chi connectivity index (χ4v) is 3.35. The molecule has 7 nitrogen and oxygen atoms in total. The number of hydrogen-bond donors (Lipinski definition) is 3. The van der Waals surface area contributed by atoms with E-state index in [4.69, 9.17) is 5.11 Å². The zero-order valence-electron chi connectivity index (χ0n) is 14.2. The molecular formula is C16H24N2O5S. The minimum absolute atomic E-state index is 0.0460. The maximum Gasteiger partial charge on any atom is 0.326 e. The molecule has 0 unspecified atom stereocenters. The first-order chi connectivity index (χ1) is 11.0. The predicted octanol–water partition coefficient (Wildman–Crippen LogP) is 1.60. The van der Waals surface area contributed by atoms with Gasteiger partial charge in [-0.15, -0.1) is 0 Å². The third-order valence-electron chi connectivity index (χ3n) is 3.13. The summed E-state index contributed by atoms with van der Waals surface area (Å²) >= 11 is 0. The van der Waals surface area contributed by atoms with E-state index in [1.54, 1.807) is 13.8 Å². The molecular weight excluding hydrogens is 332 g/mol. The van der Waals surface area contributed by atoms with Crippen LogP contribution in [0.25, 0.3) is 0 Å². The number of sulfonamides is 1. The first-order valence-corrected chi connectivity index (χ1v) is 9.17. The molecule has 134 valence electrons. The van der Waals surface area contributed by atoms with Gasteiger partial charge in [0.05, 0.1) is 4.90 Å². The Balaban J connectivity index is 2.88. The van der Waals surface area contributed by atoms with Crippen LogP contribution in [0.4, 0.5) is 0 Å². The molecule has 0 radical (unpaired) electrons. The van der Waals surface area contributed by atoms with Gasteiger partial charge in [-0.25, -0.2) is 17.9 Å². The molecule has 0 spiro atoms. The average Bonchev–Trinajstić information content (AvgIpc) is 2.44. The van der Waals surface area contributed by atoms with Crippen LogP contribution in [0.1, 0.15) is 44.5 Å². The predicted molar refractivity (Wildman–Crippen MR) is 90.2 cm³/mol. The molecule has 3 N–H and O–H groups in total. The summed E-state index contributed by atoms with van der Waals surface area (Å²) in [4.78, 5) is 23.4. The van der Waals surface area contributed by atoms with Crippen LogP contribution in [0.5, 0.6) is 0 Å². The van der Waals surface area contributed by atoms with Gasteiger partial charge in [-0.05, 0) is 50.5 Å². The van der Waals surface area contributed by atoms with E-state index in [1.807, 2.05) is 13.8 Å². The van der Waals surface area contributed by atoms with E-state index in [2.05, 4.69) is 10.0 Å². The average molecular weight is 356 g/mol. The molecule has 24 heavy (non-hydrogen) atoms. The van der Waals surface area contributed by atoms with Crippen molar-refractivity contribution in [1.82, 2.24) is 10.0 Å². The van der Waals surface area contributed by atoms with Gasteiger partial charge in [0.15, 0.2) is 0 Å². The van der Waals surface area contributed by atoms with Crippen molar-refractivity contribution in [2.24, 2.45) is 5.92 Å². The lowest BCUT2D eigenvalue weighted by Crippen LogP contribution is -2.41. The Labute approximate surface area is 142 Å². The van der Waals surface area contributed by atoms with Gasteiger partial charge in [-0.3, -0.25) is 4.79 Å². The van der Waals surface area contributed by atoms with Gasteiger partial charge in [-0.1, -0.05) is 13.8 Å². The molecule has 0 heterocycles. The molecule has 0 aromatic heterocycles. The lowest BCUT2D eigenvalue weighted by molar-refractivity contribution is -0.139. The number of hydrogen-bond acceptors (Lipinski definition) is 4. The standard InChI is InChI=1S/C16H24N2O5S/c1-10(2)9-14(16(20)21)17-15(19)12-5-7-13(8-6-12)24(22,23)18-11(3)4/h5-8,10-11,14,18H,9H2,1-4H3,(H,17,19)(H,20,21)/t14-/m1/s1. The van der Waals surface area contributed by atoms with E-state index in [1.165, 1.54) is 24.3 Å². The fourth-order valence-electron chi connectivity index (χ4n) is 2.10. The zero-order valence-corrected chi connectivity index (χ0v) is 15.1. The molecule has 0 saturated heterocycles. The van der Waals surface area contributed by atoms with Gasteiger partial charge in [0.25, 0.3) is 5.91 Å². The normalized spacial score (nSPS) is 13.1. The molecule has 1 atom stereocenters. The van der Waals surface area contributed by atoms with Gasteiger partial charge in [0, 0.05) is 11.6 Å². The number of rotatable bonds is 8. The van der Waals surface area contributed by atoms with Crippen molar-refractivity contribution >= 4 is 21.9 Å². The number of carboxylic acid groups (broad SMARTS) is 1. The number of aliphatic carboxylic acids is 1. The molecule has 0 fully saturated rings. The van der Waals surface area contributed by atoms with Gasteiger partial charge in [0.1, 0.15) is 6.04 Å². The first kappa shape index (κ1) is 20.1. The summed E-state index contributed by atoms with van der Waals surface area (Å²) < 4.78 is 26.5. The number of benzene rings is 1. The molecule has 0 aliphatic rings. The number of carbonyl (C=O) groups excluding carboxylic acids is 1. The maximum atomic E-state index is 12.1. The van der Waals surface area contributed by atoms with E-state index < -0.39 is 27.9 Å². The molecule has 1 amide bonds. The highest BCUT2D eigenvalue weighted by Gasteiger charge is 2.22. The van der Waals surface area contributed by atoms with Crippen molar-refractivity contribution in [2.75, 3.05) is 0 Å². The van der Waals surface area contributed by atoms with Crippen molar-refractivity contribution in [3.05, 3.63) is 29.8 Å². The van der Waals surface area contributed by atoms with Crippen LogP contribution in [0, 0.1) is 5.92 Å². The molecule has 0 aliphatic carbocycles. The van der Waals surface area contributed by atoms with Crippen LogP contribution in [-0.4, -0.2) is 37.5 Å². The largest absolute Gasteiger partial charge is 0.480 e. The van der Waals surface area contributed by atoms with Crippen LogP contribution in [-0.2, 0) is 14.8 Å². The Morgan fingerprint density at radius 3 is 2.04 bits per heavy atom. The van der Waals surface area contributed by atoms with Gasteiger partial charge >= 0.3 is 5.97 Å². The Morgan fingerprint density at radius 2 is 1.62 bits per heavy atom. The van der Waals surface area contributed by atoms with E-state index in [-0.39, 0.29) is 22.4 Å². The molecule has 1 aromatic carbocycles. The second-order valence-corrected chi connectivity index (χ2v) is 8.01. The van der Waals surface area contributed by atoms with Crippen LogP contribution >= 0.6 is 0 Å². The van der Waals surface area contributed by atoms with Crippen LogP contribution in [0.2, 0.25) is 0 Å². The quantitative estimate of drug-likeness (QED) is 0.655. The summed E-state index contributed by atoms with van der Waals surface area (Å²) in [5.74, 6) is -1.54. The van der Waals surface area contributed by atoms with Gasteiger partial charge in [-0.2, -0.15) is 0 Å². The lowest BCUT2D eigenvalue weighted by atomic mass is 10.0. The molecule has 1 aromatic rings. The third kappa shape index (κ3) is 5.93. The Kier molecular flexibility index (Phi) is 6.92. The monoisotopic (exact) mass is 356 g/mol. The second kappa shape index (κ2) is 8.25. The number of carboxylic acids is 1. The highest BCUT2D eigenvalue weighted by atomic mass is 32.2. The fraction of sp³-hybridized carbons (Fsp3) is 0.500. The summed E-state index contributed by atoms with van der Waals surface area (Å²) in [6.45, 7) is 7.15. The smallest absolute Gasteiger partial charge is 0.326 e. The minimum atomic E-state index is -3.63. The van der Waals surface area contributed by atoms with Gasteiger partial charge < -0.3 is 10.4 Å². The van der Waals surface area contributed by atoms with Crippen molar-refractivity contribution in [3.63, 3.8) is 0 Å². The highest BCUT2D eigenvalue weighted by Crippen LogP contribution is 2.12. The number of nitrogens with one attached hydrogen (secondary N) is 2. The minimum Gasteiger partial charge on any atom is -0.480 e. The molecule has 0 saturated carbocycles. The molecule has 0 aliphatic heterocycles. The lowest BCUT2D eigenvalue weighted by Gasteiger charge is -2.16. The molecule has 8 heteroatoms. The van der Waals surface area contributed by atoms with Crippen LogP contribution in [0.15, 0.2) is 29.2 Å². The first-order valence-electron chi connectivity index (χ1n) is 7.69. The summed E-state index contributed by atoms with van der Waals surface area (Å²) in [6.07, 6.45) is 0.311. The Hall–Kier alpha value is -1.93.